The van der Waals surface area contributed by atoms with Gasteiger partial charge in [0.15, 0.2) is 0 Å². The number of aryl methyl sites for hydroxylation is 1. The zero-order chi connectivity index (χ0) is 14.7. The molecule has 0 saturated heterocycles. The summed E-state index contributed by atoms with van der Waals surface area (Å²) in [4.78, 5) is 8.37. The van der Waals surface area contributed by atoms with E-state index in [1.165, 1.54) is 0 Å². The molecule has 1 aromatic carbocycles. The molecular formula is C17H17N3O. The van der Waals surface area contributed by atoms with Crippen LogP contribution in [0.3, 0.4) is 0 Å². The predicted octanol–water partition coefficient (Wildman–Crippen LogP) is 2.29. The summed E-state index contributed by atoms with van der Waals surface area (Å²) >= 11 is 0. The molecule has 0 radical (unpaired) electrons. The summed E-state index contributed by atoms with van der Waals surface area (Å²) in [6.45, 7) is 0. The molecule has 3 aromatic rings. The monoisotopic (exact) mass is 279 g/mol. The molecule has 2 heterocycles. The molecule has 0 aliphatic heterocycles. The van der Waals surface area contributed by atoms with E-state index in [4.69, 9.17) is 0 Å². The van der Waals surface area contributed by atoms with Crippen LogP contribution in [0.4, 0.5) is 0 Å². The number of hydrogen-bond donors (Lipinski definition) is 1. The molecule has 106 valence electrons. The predicted molar refractivity (Wildman–Crippen MR) is 80.6 cm³/mol. The van der Waals surface area contributed by atoms with Crippen molar-refractivity contribution in [2.24, 2.45) is 7.05 Å². The number of benzene rings is 1. The minimum absolute atomic E-state index is 0.407. The molecular weight excluding hydrogens is 262 g/mol. The first-order chi connectivity index (χ1) is 10.2. The summed E-state index contributed by atoms with van der Waals surface area (Å²) in [5.74, 6) is 0.832. The van der Waals surface area contributed by atoms with Crippen LogP contribution in [0, 0.1) is 0 Å². The highest BCUT2D eigenvalue weighted by Gasteiger charge is 2.33. The highest BCUT2D eigenvalue weighted by atomic mass is 16.3. The normalized spacial score (nSPS) is 13.8. The Kier molecular flexibility index (Phi) is 3.54. The van der Waals surface area contributed by atoms with Crippen LogP contribution in [-0.2, 0) is 19.1 Å². The van der Waals surface area contributed by atoms with Crippen LogP contribution in [0.15, 0.2) is 67.3 Å². The Morgan fingerprint density at radius 2 is 1.67 bits per heavy atom. The minimum Gasteiger partial charge on any atom is -0.380 e. The fourth-order valence-electron chi connectivity index (χ4n) is 2.51. The van der Waals surface area contributed by atoms with Gasteiger partial charge in [0.25, 0.3) is 0 Å². The maximum Gasteiger partial charge on any atom is 0.122 e. The second-order valence-corrected chi connectivity index (χ2v) is 5.09. The van der Waals surface area contributed by atoms with E-state index in [9.17, 15) is 5.11 Å². The second kappa shape index (κ2) is 5.50. The van der Waals surface area contributed by atoms with Gasteiger partial charge in [0.05, 0.1) is 0 Å². The lowest BCUT2D eigenvalue weighted by atomic mass is 9.84. The average Bonchev–Trinajstić information content (AvgIpc) is 2.94. The lowest BCUT2D eigenvalue weighted by Gasteiger charge is -2.29. The molecule has 2 aromatic heterocycles. The molecule has 1 atom stereocenters. The van der Waals surface area contributed by atoms with Crippen LogP contribution in [0.5, 0.6) is 0 Å². The molecule has 1 N–H and O–H groups in total. The van der Waals surface area contributed by atoms with Crippen LogP contribution in [-0.4, -0.2) is 19.6 Å². The average molecular weight is 279 g/mol. The van der Waals surface area contributed by atoms with Crippen molar-refractivity contribution in [3.63, 3.8) is 0 Å². The summed E-state index contributed by atoms with van der Waals surface area (Å²) in [5.41, 5.74) is 0.537. The quantitative estimate of drug-likeness (QED) is 0.797. The van der Waals surface area contributed by atoms with Gasteiger partial charge in [0.1, 0.15) is 11.4 Å². The summed E-state index contributed by atoms with van der Waals surface area (Å²) in [5, 5.41) is 11.4. The van der Waals surface area contributed by atoms with Crippen molar-refractivity contribution < 1.29 is 5.11 Å². The van der Waals surface area contributed by atoms with Crippen LogP contribution in [0.1, 0.15) is 17.0 Å². The largest absolute Gasteiger partial charge is 0.380 e. The zero-order valence-electron chi connectivity index (χ0n) is 11.8. The maximum absolute atomic E-state index is 11.4. The van der Waals surface area contributed by atoms with Gasteiger partial charge in [0, 0.05) is 38.3 Å². The first-order valence-electron chi connectivity index (χ1n) is 6.85. The van der Waals surface area contributed by atoms with Crippen molar-refractivity contribution in [2.45, 2.75) is 12.0 Å². The van der Waals surface area contributed by atoms with Gasteiger partial charge < -0.3 is 9.67 Å². The fourth-order valence-corrected chi connectivity index (χ4v) is 2.51. The lowest BCUT2D eigenvalue weighted by molar-refractivity contribution is 0.0780. The Morgan fingerprint density at radius 1 is 1.00 bits per heavy atom. The third-order valence-electron chi connectivity index (χ3n) is 3.74. The van der Waals surface area contributed by atoms with Crippen molar-refractivity contribution in [2.75, 3.05) is 0 Å². The molecule has 4 nitrogen and oxygen atoms in total. The molecule has 0 fully saturated rings. The molecule has 3 rings (SSSR count). The van der Waals surface area contributed by atoms with Crippen molar-refractivity contribution >= 4 is 0 Å². The Hall–Kier alpha value is -2.46. The number of rotatable bonds is 4. The van der Waals surface area contributed by atoms with Gasteiger partial charge in [0.2, 0.25) is 0 Å². The van der Waals surface area contributed by atoms with E-state index in [0.717, 1.165) is 17.0 Å². The summed E-state index contributed by atoms with van der Waals surface area (Å²) in [6.07, 6.45) is 7.43. The van der Waals surface area contributed by atoms with Crippen LogP contribution in [0.2, 0.25) is 0 Å². The van der Waals surface area contributed by atoms with Crippen molar-refractivity contribution in [1.29, 1.82) is 0 Å². The zero-order valence-corrected chi connectivity index (χ0v) is 11.8. The Bertz CT molecular complexity index is 668. The topological polar surface area (TPSA) is 50.9 Å². The molecule has 0 unspecified atom stereocenters. The van der Waals surface area contributed by atoms with E-state index >= 15 is 0 Å². The van der Waals surface area contributed by atoms with Gasteiger partial charge in [-0.25, -0.2) is 4.98 Å². The third kappa shape index (κ3) is 2.58. The van der Waals surface area contributed by atoms with Gasteiger partial charge in [-0.2, -0.15) is 0 Å². The molecule has 0 saturated carbocycles. The summed E-state index contributed by atoms with van der Waals surface area (Å²) in [6, 6.07) is 13.4. The van der Waals surface area contributed by atoms with Crippen LogP contribution >= 0.6 is 0 Å². The summed E-state index contributed by atoms with van der Waals surface area (Å²) in [7, 11) is 1.93. The van der Waals surface area contributed by atoms with Gasteiger partial charge in [-0.15, -0.1) is 0 Å². The number of imidazole rings is 1. The van der Waals surface area contributed by atoms with Gasteiger partial charge in [-0.05, 0) is 23.3 Å². The van der Waals surface area contributed by atoms with E-state index in [1.54, 1.807) is 18.6 Å². The highest BCUT2D eigenvalue weighted by Crippen LogP contribution is 2.32. The van der Waals surface area contributed by atoms with Crippen molar-refractivity contribution in [3.05, 3.63) is 84.2 Å². The van der Waals surface area contributed by atoms with Gasteiger partial charge in [-0.1, -0.05) is 30.3 Å². The van der Waals surface area contributed by atoms with E-state index in [0.29, 0.717) is 6.42 Å². The van der Waals surface area contributed by atoms with Gasteiger partial charge >= 0.3 is 0 Å². The van der Waals surface area contributed by atoms with Crippen LogP contribution in [0.25, 0.3) is 0 Å². The lowest BCUT2D eigenvalue weighted by Crippen LogP contribution is -2.31. The minimum atomic E-state index is -1.12. The first-order valence-corrected chi connectivity index (χ1v) is 6.85. The third-order valence-corrected chi connectivity index (χ3v) is 3.74. The molecule has 0 bridgehead atoms. The number of nitrogens with zero attached hydrogens (tertiary/aromatic N) is 3. The molecule has 4 heteroatoms. The molecule has 0 spiro atoms. The van der Waals surface area contributed by atoms with E-state index in [2.05, 4.69) is 9.97 Å². The first kappa shape index (κ1) is 13.5. The molecule has 0 aliphatic carbocycles. The van der Waals surface area contributed by atoms with Crippen molar-refractivity contribution in [3.8, 4) is 0 Å². The smallest absolute Gasteiger partial charge is 0.122 e. The standard InChI is InChI=1S/C17H17N3O/c1-20-12-11-19-16(20)13-17(21,14-5-3-2-4-6-14)15-7-9-18-10-8-15/h2-12,21H,13H2,1H3/t17-/m1/s1. The van der Waals surface area contributed by atoms with Gasteiger partial charge in [-0.3, -0.25) is 4.98 Å². The summed E-state index contributed by atoms with van der Waals surface area (Å²) < 4.78 is 1.93. The molecule has 0 aliphatic rings. The Labute approximate surface area is 123 Å². The van der Waals surface area contributed by atoms with E-state index < -0.39 is 5.60 Å². The Morgan fingerprint density at radius 3 is 2.29 bits per heavy atom. The van der Waals surface area contributed by atoms with E-state index in [1.807, 2.05) is 60.3 Å². The SMILES string of the molecule is Cn1ccnc1C[C@@](O)(c1ccccc1)c1ccncc1. The van der Waals surface area contributed by atoms with Crippen molar-refractivity contribution in [1.82, 2.24) is 14.5 Å². The number of aliphatic hydroxyl groups is 1. The number of hydrogen-bond acceptors (Lipinski definition) is 3. The Balaban J connectivity index is 2.09. The maximum atomic E-state index is 11.4. The molecule has 0 amide bonds. The van der Waals surface area contributed by atoms with Crippen LogP contribution < -0.4 is 0 Å². The molecule has 21 heavy (non-hydrogen) atoms. The fraction of sp³-hybridized carbons (Fsp3) is 0.176. The highest BCUT2D eigenvalue weighted by molar-refractivity contribution is 5.36. The second-order valence-electron chi connectivity index (χ2n) is 5.09. The van der Waals surface area contributed by atoms with E-state index in [-0.39, 0.29) is 0 Å². The number of pyridine rings is 1. The number of aromatic nitrogens is 3.